The Kier molecular flexibility index (Phi) is 10.8. The number of halogens is 2. The zero-order valence-electron chi connectivity index (χ0n) is 24.8. The number of hydrogen-bond donors (Lipinski definition) is 1. The quantitative estimate of drug-likeness (QED) is 0.202. The third-order valence-corrected chi connectivity index (χ3v) is 8.97. The van der Waals surface area contributed by atoms with Crippen LogP contribution in [0.4, 0.5) is 10.1 Å². The summed E-state index contributed by atoms with van der Waals surface area (Å²) in [7, 11) is -4.32. The van der Waals surface area contributed by atoms with Crippen molar-refractivity contribution in [3.8, 4) is 0 Å². The average molecular weight is 636 g/mol. The minimum atomic E-state index is -4.32. The van der Waals surface area contributed by atoms with Gasteiger partial charge in [0.15, 0.2) is 0 Å². The predicted octanol–water partition coefficient (Wildman–Crippen LogP) is 6.15. The fraction of sp³-hybridized carbons (Fsp3) is 0.235. The highest BCUT2D eigenvalue weighted by atomic mass is 35.5. The Labute approximate surface area is 263 Å². The number of nitrogens with one attached hydrogen (secondary N) is 1. The van der Waals surface area contributed by atoms with E-state index in [0.29, 0.717) is 10.6 Å². The molecule has 4 aromatic carbocycles. The molecule has 44 heavy (non-hydrogen) atoms. The molecule has 0 radical (unpaired) electrons. The van der Waals surface area contributed by atoms with Crippen LogP contribution in [0.15, 0.2) is 108 Å². The maximum absolute atomic E-state index is 14.4. The van der Waals surface area contributed by atoms with Crippen molar-refractivity contribution in [2.24, 2.45) is 0 Å². The minimum absolute atomic E-state index is 0.000737. The summed E-state index contributed by atoms with van der Waals surface area (Å²) in [6.45, 7) is 4.91. The molecule has 4 aromatic rings. The summed E-state index contributed by atoms with van der Waals surface area (Å²) in [6, 6.07) is 26.2. The van der Waals surface area contributed by atoms with Crippen molar-refractivity contribution in [1.29, 1.82) is 0 Å². The number of anilines is 1. The number of hydrogen-bond acceptors (Lipinski definition) is 4. The fourth-order valence-electron chi connectivity index (χ4n) is 4.74. The maximum Gasteiger partial charge on any atom is 0.264 e. The van der Waals surface area contributed by atoms with E-state index in [1.807, 2.05) is 51.1 Å². The van der Waals surface area contributed by atoms with Crippen LogP contribution < -0.4 is 9.62 Å². The lowest BCUT2D eigenvalue weighted by Crippen LogP contribution is -2.54. The van der Waals surface area contributed by atoms with Gasteiger partial charge in [-0.25, -0.2) is 12.8 Å². The van der Waals surface area contributed by atoms with Crippen LogP contribution in [0.2, 0.25) is 5.02 Å². The largest absolute Gasteiger partial charge is 0.352 e. The van der Waals surface area contributed by atoms with Gasteiger partial charge >= 0.3 is 0 Å². The third-order valence-electron chi connectivity index (χ3n) is 6.95. The number of nitrogens with zero attached hydrogens (tertiary/aromatic N) is 2. The smallest absolute Gasteiger partial charge is 0.264 e. The molecule has 0 aromatic heterocycles. The molecule has 1 atom stereocenters. The fourth-order valence-corrected chi connectivity index (χ4v) is 6.37. The molecule has 0 unspecified atom stereocenters. The Morgan fingerprint density at radius 1 is 0.864 bits per heavy atom. The molecule has 0 saturated heterocycles. The van der Waals surface area contributed by atoms with E-state index in [9.17, 15) is 22.4 Å². The van der Waals surface area contributed by atoms with Gasteiger partial charge in [-0.3, -0.25) is 13.9 Å². The molecule has 2 amide bonds. The van der Waals surface area contributed by atoms with Crippen LogP contribution in [0, 0.1) is 12.7 Å². The molecule has 0 spiro atoms. The van der Waals surface area contributed by atoms with Crippen LogP contribution in [0.3, 0.4) is 0 Å². The Morgan fingerprint density at radius 3 is 2.11 bits per heavy atom. The maximum atomic E-state index is 14.4. The second kappa shape index (κ2) is 14.5. The van der Waals surface area contributed by atoms with E-state index in [0.717, 1.165) is 39.7 Å². The average Bonchev–Trinajstić information content (AvgIpc) is 2.98. The zero-order valence-corrected chi connectivity index (χ0v) is 26.4. The number of sulfonamides is 1. The van der Waals surface area contributed by atoms with Crippen molar-refractivity contribution in [3.05, 3.63) is 131 Å². The molecule has 1 N–H and O–H groups in total. The molecular weight excluding hydrogens is 601 g/mol. The van der Waals surface area contributed by atoms with Crippen LogP contribution in [-0.2, 0) is 32.6 Å². The summed E-state index contributed by atoms with van der Waals surface area (Å²) in [6.07, 6.45) is 0.195. The number of carbonyl (C=O) groups excluding carboxylic acids is 2. The molecule has 230 valence electrons. The predicted molar refractivity (Wildman–Crippen MR) is 171 cm³/mol. The van der Waals surface area contributed by atoms with Gasteiger partial charge in [-0.15, -0.1) is 0 Å². The molecule has 0 fully saturated rings. The van der Waals surface area contributed by atoms with Crippen LogP contribution in [0.25, 0.3) is 0 Å². The first-order valence-corrected chi connectivity index (χ1v) is 16.0. The van der Waals surface area contributed by atoms with Crippen molar-refractivity contribution in [2.45, 2.75) is 50.7 Å². The molecular formula is C34H35ClFN3O4S. The number of amides is 2. The van der Waals surface area contributed by atoms with Crippen molar-refractivity contribution in [3.63, 3.8) is 0 Å². The van der Waals surface area contributed by atoms with Gasteiger partial charge < -0.3 is 10.2 Å². The van der Waals surface area contributed by atoms with Crippen LogP contribution in [0.5, 0.6) is 0 Å². The van der Waals surface area contributed by atoms with Crippen molar-refractivity contribution in [2.75, 3.05) is 10.8 Å². The highest BCUT2D eigenvalue weighted by molar-refractivity contribution is 7.92. The second-order valence-corrected chi connectivity index (χ2v) is 13.1. The lowest BCUT2D eigenvalue weighted by molar-refractivity contribution is -0.140. The molecule has 0 aliphatic rings. The molecule has 7 nitrogen and oxygen atoms in total. The third kappa shape index (κ3) is 8.45. The Morgan fingerprint density at radius 2 is 1.50 bits per heavy atom. The van der Waals surface area contributed by atoms with Gasteiger partial charge in [-0.2, -0.15) is 0 Å². The normalized spacial score (nSPS) is 12.0. The lowest BCUT2D eigenvalue weighted by Gasteiger charge is -2.34. The van der Waals surface area contributed by atoms with E-state index < -0.39 is 34.3 Å². The van der Waals surface area contributed by atoms with Crippen molar-refractivity contribution >= 4 is 39.1 Å². The molecule has 0 bridgehead atoms. The first kappa shape index (κ1) is 32.7. The molecule has 10 heteroatoms. The van der Waals surface area contributed by atoms with Gasteiger partial charge in [0.2, 0.25) is 11.8 Å². The highest BCUT2D eigenvalue weighted by Crippen LogP contribution is 2.26. The van der Waals surface area contributed by atoms with E-state index >= 15 is 0 Å². The molecule has 0 saturated carbocycles. The summed E-state index contributed by atoms with van der Waals surface area (Å²) < 4.78 is 42.6. The lowest BCUT2D eigenvalue weighted by atomic mass is 10.0. The van der Waals surface area contributed by atoms with Gasteiger partial charge in [0.05, 0.1) is 10.6 Å². The van der Waals surface area contributed by atoms with E-state index in [4.69, 9.17) is 11.6 Å². The molecule has 4 rings (SSSR count). The molecule has 0 aliphatic carbocycles. The Balaban J connectivity index is 1.80. The van der Waals surface area contributed by atoms with E-state index in [1.165, 1.54) is 4.90 Å². The highest BCUT2D eigenvalue weighted by Gasteiger charge is 2.34. The Hall–Kier alpha value is -4.21. The van der Waals surface area contributed by atoms with Crippen LogP contribution in [-0.4, -0.2) is 43.8 Å². The first-order chi connectivity index (χ1) is 20.9. The Bertz CT molecular complexity index is 1680. The van der Waals surface area contributed by atoms with Crippen molar-refractivity contribution in [1.82, 2.24) is 10.2 Å². The summed E-state index contributed by atoms with van der Waals surface area (Å²) in [4.78, 5) is 29.3. The summed E-state index contributed by atoms with van der Waals surface area (Å²) in [5.74, 6) is -1.56. The summed E-state index contributed by atoms with van der Waals surface area (Å²) in [5.41, 5.74) is 2.65. The van der Waals surface area contributed by atoms with Gasteiger partial charge in [0.25, 0.3) is 10.0 Å². The van der Waals surface area contributed by atoms with E-state index in [-0.39, 0.29) is 35.5 Å². The topological polar surface area (TPSA) is 86.8 Å². The number of rotatable bonds is 12. The van der Waals surface area contributed by atoms with E-state index in [2.05, 4.69) is 5.32 Å². The van der Waals surface area contributed by atoms with Gasteiger partial charge in [-0.05, 0) is 80.4 Å². The standard InChI is InChI=1S/C34H35ClFN3O4S/c1-24(2)37-34(41)32(21-26-8-5-4-6-9-26)38(22-27-10-7-11-28(35)20-27)33(40)23-39(30-16-12-25(3)13-17-30)44(42,43)31-18-14-29(36)15-19-31/h4-20,24,32H,21-23H2,1-3H3,(H,37,41)/t32-/m0/s1. The second-order valence-electron chi connectivity index (χ2n) is 10.8. The zero-order chi connectivity index (χ0) is 31.9. The molecule has 0 heterocycles. The van der Waals surface area contributed by atoms with Gasteiger partial charge in [-0.1, -0.05) is 71.8 Å². The first-order valence-electron chi connectivity index (χ1n) is 14.2. The van der Waals surface area contributed by atoms with Crippen LogP contribution >= 0.6 is 11.6 Å². The van der Waals surface area contributed by atoms with Gasteiger partial charge in [0, 0.05) is 24.0 Å². The number of carbonyl (C=O) groups is 2. The van der Waals surface area contributed by atoms with E-state index in [1.54, 1.807) is 48.5 Å². The summed E-state index contributed by atoms with van der Waals surface area (Å²) >= 11 is 6.27. The minimum Gasteiger partial charge on any atom is -0.352 e. The summed E-state index contributed by atoms with van der Waals surface area (Å²) in [5, 5.41) is 3.38. The van der Waals surface area contributed by atoms with Gasteiger partial charge in [0.1, 0.15) is 18.4 Å². The number of benzene rings is 4. The SMILES string of the molecule is Cc1ccc(N(CC(=O)N(Cc2cccc(Cl)c2)[C@@H](Cc2ccccc2)C(=O)NC(C)C)S(=O)(=O)c2ccc(F)cc2)cc1. The van der Waals surface area contributed by atoms with Crippen molar-refractivity contribution < 1.29 is 22.4 Å². The number of aryl methyl sites for hydroxylation is 1. The monoisotopic (exact) mass is 635 g/mol. The van der Waals surface area contributed by atoms with Crippen LogP contribution in [0.1, 0.15) is 30.5 Å². The molecule has 0 aliphatic heterocycles.